The average Bonchev–Trinajstić information content (AvgIpc) is 2.43. The molecule has 0 amide bonds. The largest absolute Gasteiger partial charge is 0.496 e. The van der Waals surface area contributed by atoms with Crippen molar-refractivity contribution in [1.29, 1.82) is 0 Å². The van der Waals surface area contributed by atoms with Crippen molar-refractivity contribution >= 4 is 5.97 Å². The minimum Gasteiger partial charge on any atom is -0.496 e. The zero-order valence-electron chi connectivity index (χ0n) is 12.1. The number of carbonyl (C=O) groups is 1. The summed E-state index contributed by atoms with van der Waals surface area (Å²) >= 11 is 0. The molecule has 0 aromatic heterocycles. The quantitative estimate of drug-likeness (QED) is 0.521. The molecule has 19 heavy (non-hydrogen) atoms. The number of methoxy groups -OCH3 is 1. The van der Waals surface area contributed by atoms with Gasteiger partial charge in [-0.2, -0.15) is 0 Å². The van der Waals surface area contributed by atoms with Gasteiger partial charge in [-0.3, -0.25) is 0 Å². The zero-order chi connectivity index (χ0) is 14.1. The summed E-state index contributed by atoms with van der Waals surface area (Å²) in [6.07, 6.45) is 5.64. The molecular weight excluding hydrogens is 240 g/mol. The van der Waals surface area contributed by atoms with Crippen LogP contribution in [0.25, 0.3) is 0 Å². The molecule has 0 unspecified atom stereocenters. The highest BCUT2D eigenvalue weighted by atomic mass is 16.5. The van der Waals surface area contributed by atoms with E-state index in [1.165, 1.54) is 19.3 Å². The van der Waals surface area contributed by atoms with Crippen molar-refractivity contribution in [2.45, 2.75) is 52.1 Å². The van der Waals surface area contributed by atoms with Crippen LogP contribution in [0, 0.1) is 0 Å². The first kappa shape index (κ1) is 15.5. The van der Waals surface area contributed by atoms with Crippen LogP contribution in [0.1, 0.15) is 56.3 Å². The highest BCUT2D eigenvalue weighted by Crippen LogP contribution is 2.19. The summed E-state index contributed by atoms with van der Waals surface area (Å²) in [6, 6.07) is 7.14. The van der Waals surface area contributed by atoms with E-state index in [2.05, 4.69) is 6.92 Å². The Labute approximate surface area is 115 Å². The lowest BCUT2D eigenvalue weighted by Crippen LogP contribution is -2.15. The van der Waals surface area contributed by atoms with Gasteiger partial charge in [0.05, 0.1) is 13.2 Å². The fourth-order valence-corrected chi connectivity index (χ4v) is 1.98. The third-order valence-electron chi connectivity index (χ3n) is 3.10. The molecule has 0 aliphatic carbocycles. The topological polar surface area (TPSA) is 35.5 Å². The molecule has 1 atom stereocenters. The number of benzene rings is 1. The predicted octanol–water partition coefficient (Wildman–Crippen LogP) is 4.21. The van der Waals surface area contributed by atoms with Crippen LogP contribution in [0.3, 0.4) is 0 Å². The van der Waals surface area contributed by atoms with Gasteiger partial charge in [-0.05, 0) is 31.9 Å². The van der Waals surface area contributed by atoms with Gasteiger partial charge >= 0.3 is 5.97 Å². The SMILES string of the molecule is CCCCCC[C@@H](C)OC(=O)c1ccccc1OC. The second-order valence-corrected chi connectivity index (χ2v) is 4.77. The summed E-state index contributed by atoms with van der Waals surface area (Å²) in [4.78, 5) is 12.0. The molecule has 3 heteroatoms. The van der Waals surface area contributed by atoms with Gasteiger partial charge in [0.15, 0.2) is 0 Å². The highest BCUT2D eigenvalue weighted by Gasteiger charge is 2.15. The molecule has 0 heterocycles. The van der Waals surface area contributed by atoms with Gasteiger partial charge in [0.1, 0.15) is 11.3 Å². The molecule has 0 radical (unpaired) electrons. The first-order valence-electron chi connectivity index (χ1n) is 7.03. The van der Waals surface area contributed by atoms with Crippen molar-refractivity contribution < 1.29 is 14.3 Å². The third-order valence-corrected chi connectivity index (χ3v) is 3.10. The number of unbranched alkanes of at least 4 members (excludes halogenated alkanes) is 3. The Bertz CT molecular complexity index is 387. The van der Waals surface area contributed by atoms with Crippen molar-refractivity contribution in [2.75, 3.05) is 7.11 Å². The Morgan fingerprint density at radius 1 is 1.21 bits per heavy atom. The molecule has 0 bridgehead atoms. The zero-order valence-corrected chi connectivity index (χ0v) is 12.1. The van der Waals surface area contributed by atoms with Gasteiger partial charge in [-0.15, -0.1) is 0 Å². The molecule has 0 fully saturated rings. The lowest BCUT2D eigenvalue weighted by Gasteiger charge is -2.14. The lowest BCUT2D eigenvalue weighted by atomic mass is 10.1. The Morgan fingerprint density at radius 3 is 2.63 bits per heavy atom. The second-order valence-electron chi connectivity index (χ2n) is 4.77. The van der Waals surface area contributed by atoms with Crippen LogP contribution >= 0.6 is 0 Å². The van der Waals surface area contributed by atoms with Crippen LogP contribution in [0.4, 0.5) is 0 Å². The van der Waals surface area contributed by atoms with Crippen LogP contribution in [0.2, 0.25) is 0 Å². The van der Waals surface area contributed by atoms with Crippen molar-refractivity contribution in [3.05, 3.63) is 29.8 Å². The van der Waals surface area contributed by atoms with Crippen molar-refractivity contribution in [2.24, 2.45) is 0 Å². The van der Waals surface area contributed by atoms with Gasteiger partial charge in [0.2, 0.25) is 0 Å². The molecule has 0 N–H and O–H groups in total. The van der Waals surface area contributed by atoms with Crippen LogP contribution in [0.15, 0.2) is 24.3 Å². The number of rotatable bonds is 8. The van der Waals surface area contributed by atoms with E-state index in [1.807, 2.05) is 19.1 Å². The first-order chi connectivity index (χ1) is 9.19. The number of hydrogen-bond donors (Lipinski definition) is 0. The summed E-state index contributed by atoms with van der Waals surface area (Å²) in [6.45, 7) is 4.13. The normalized spacial score (nSPS) is 11.9. The van der Waals surface area contributed by atoms with E-state index in [-0.39, 0.29) is 12.1 Å². The van der Waals surface area contributed by atoms with Gasteiger partial charge in [-0.25, -0.2) is 4.79 Å². The van der Waals surface area contributed by atoms with Gasteiger partial charge in [0.25, 0.3) is 0 Å². The van der Waals surface area contributed by atoms with E-state index in [0.717, 1.165) is 12.8 Å². The number of hydrogen-bond acceptors (Lipinski definition) is 3. The summed E-state index contributed by atoms with van der Waals surface area (Å²) in [7, 11) is 1.56. The molecular formula is C16H24O3. The molecule has 1 aromatic rings. The molecule has 0 aliphatic rings. The lowest BCUT2D eigenvalue weighted by molar-refractivity contribution is 0.0316. The molecule has 1 aromatic carbocycles. The minimum absolute atomic E-state index is 0.0470. The van der Waals surface area contributed by atoms with E-state index in [1.54, 1.807) is 19.2 Å². The van der Waals surface area contributed by atoms with Crippen LogP contribution in [-0.2, 0) is 4.74 Å². The fourth-order valence-electron chi connectivity index (χ4n) is 1.98. The maximum absolute atomic E-state index is 12.0. The van der Waals surface area contributed by atoms with Crippen molar-refractivity contribution in [3.63, 3.8) is 0 Å². The Morgan fingerprint density at radius 2 is 1.95 bits per heavy atom. The Balaban J connectivity index is 2.45. The van der Waals surface area contributed by atoms with Gasteiger partial charge in [-0.1, -0.05) is 38.3 Å². The van der Waals surface area contributed by atoms with E-state index >= 15 is 0 Å². The highest BCUT2D eigenvalue weighted by molar-refractivity contribution is 5.92. The fraction of sp³-hybridized carbons (Fsp3) is 0.562. The predicted molar refractivity (Wildman–Crippen MR) is 76.6 cm³/mol. The minimum atomic E-state index is -0.305. The number of ether oxygens (including phenoxy) is 2. The van der Waals surface area contributed by atoms with Crippen molar-refractivity contribution in [1.82, 2.24) is 0 Å². The summed E-state index contributed by atoms with van der Waals surface area (Å²) in [5.41, 5.74) is 0.491. The number of esters is 1. The van der Waals surface area contributed by atoms with E-state index in [9.17, 15) is 4.79 Å². The number of carbonyl (C=O) groups excluding carboxylic acids is 1. The monoisotopic (exact) mass is 264 g/mol. The number of para-hydroxylation sites is 1. The molecule has 0 saturated heterocycles. The average molecular weight is 264 g/mol. The van der Waals surface area contributed by atoms with Crippen LogP contribution < -0.4 is 4.74 Å². The van der Waals surface area contributed by atoms with Crippen molar-refractivity contribution in [3.8, 4) is 5.75 Å². The molecule has 0 spiro atoms. The first-order valence-corrected chi connectivity index (χ1v) is 7.03. The molecule has 0 saturated carbocycles. The third kappa shape index (κ3) is 5.33. The molecule has 106 valence electrons. The molecule has 3 nitrogen and oxygen atoms in total. The van der Waals surface area contributed by atoms with Gasteiger partial charge < -0.3 is 9.47 Å². The van der Waals surface area contributed by atoms with Crippen LogP contribution in [0.5, 0.6) is 5.75 Å². The summed E-state index contributed by atoms with van der Waals surface area (Å²) < 4.78 is 10.6. The summed E-state index contributed by atoms with van der Waals surface area (Å²) in [5.74, 6) is 0.256. The summed E-state index contributed by atoms with van der Waals surface area (Å²) in [5, 5.41) is 0. The van der Waals surface area contributed by atoms with E-state index in [0.29, 0.717) is 11.3 Å². The molecule has 1 rings (SSSR count). The van der Waals surface area contributed by atoms with E-state index < -0.39 is 0 Å². The maximum atomic E-state index is 12.0. The van der Waals surface area contributed by atoms with Gasteiger partial charge in [0, 0.05) is 0 Å². The smallest absolute Gasteiger partial charge is 0.342 e. The maximum Gasteiger partial charge on any atom is 0.342 e. The Kier molecular flexibility index (Phi) is 7.01. The molecule has 0 aliphatic heterocycles. The standard InChI is InChI=1S/C16H24O3/c1-4-5-6-7-10-13(2)19-16(17)14-11-8-9-12-15(14)18-3/h8-9,11-13H,4-7,10H2,1-3H3/t13-/m1/s1. The van der Waals surface area contributed by atoms with E-state index in [4.69, 9.17) is 9.47 Å². The second kappa shape index (κ2) is 8.57. The van der Waals surface area contributed by atoms with Crippen LogP contribution in [-0.4, -0.2) is 19.2 Å². The Hall–Kier alpha value is -1.51.